The molecule has 5 aromatic rings. The van der Waals surface area contributed by atoms with Crippen molar-refractivity contribution < 1.29 is 19.1 Å². The van der Waals surface area contributed by atoms with Crippen molar-refractivity contribution in [3.8, 4) is 22.3 Å². The van der Waals surface area contributed by atoms with Crippen LogP contribution in [0.5, 0.6) is 0 Å². The van der Waals surface area contributed by atoms with E-state index in [1.165, 1.54) is 14.2 Å². The molecule has 2 aliphatic heterocycles. The molecule has 0 saturated heterocycles. The second-order valence-corrected chi connectivity index (χ2v) is 13.8. The molecule has 2 N–H and O–H groups in total. The number of nitrogens with one attached hydrogen (secondary N) is 2. The predicted octanol–water partition coefficient (Wildman–Crippen LogP) is 11.0. The zero-order chi connectivity index (χ0) is 37.6. The molecule has 3 aromatic heterocycles. The van der Waals surface area contributed by atoms with Crippen molar-refractivity contribution in [2.45, 2.75) is 65.2 Å². The largest absolute Gasteiger partial charge is 0.465 e. The first-order valence-electron chi connectivity index (χ1n) is 18.9. The fourth-order valence-electron chi connectivity index (χ4n) is 7.34. The average molecular weight is 719 g/mol. The third-order valence-electron chi connectivity index (χ3n) is 10.2. The smallest absolute Gasteiger partial charge is 0.337 e. The van der Waals surface area contributed by atoms with E-state index in [1.807, 2.05) is 24.3 Å². The number of rotatable bonds is 12. The lowest BCUT2D eigenvalue weighted by Crippen LogP contribution is -2.00. The van der Waals surface area contributed by atoms with Crippen molar-refractivity contribution in [3.05, 3.63) is 118 Å². The van der Waals surface area contributed by atoms with Gasteiger partial charge in [0.2, 0.25) is 0 Å². The van der Waals surface area contributed by atoms with Crippen LogP contribution in [0.15, 0.2) is 72.8 Å². The molecule has 0 unspecified atom stereocenters. The van der Waals surface area contributed by atoms with Crippen molar-refractivity contribution in [2.75, 3.05) is 14.2 Å². The number of hydrogen-bond acceptors (Lipinski definition) is 6. The molecule has 0 radical (unpaired) electrons. The van der Waals surface area contributed by atoms with Crippen LogP contribution in [0.4, 0.5) is 0 Å². The van der Waals surface area contributed by atoms with Crippen LogP contribution in [-0.4, -0.2) is 46.1 Å². The van der Waals surface area contributed by atoms with Crippen LogP contribution in [0.25, 0.3) is 68.6 Å². The van der Waals surface area contributed by atoms with Gasteiger partial charge in [-0.15, -0.1) is 0 Å². The van der Waals surface area contributed by atoms with Crippen LogP contribution >= 0.6 is 0 Å². The molecule has 2 aromatic carbocycles. The number of aromatic amines is 2. The van der Waals surface area contributed by atoms with Gasteiger partial charge in [0.15, 0.2) is 0 Å². The zero-order valence-corrected chi connectivity index (χ0v) is 31.4. The first kappa shape index (κ1) is 36.3. The van der Waals surface area contributed by atoms with Crippen molar-refractivity contribution >= 4 is 58.3 Å². The number of H-pyrrole nitrogens is 2. The number of carbonyl (C=O) groups excluding carboxylic acids is 2. The Bertz CT molecular complexity index is 2240. The Morgan fingerprint density at radius 1 is 0.500 bits per heavy atom. The topological polar surface area (TPSA) is 110 Å². The first-order valence-corrected chi connectivity index (χ1v) is 18.9. The van der Waals surface area contributed by atoms with Gasteiger partial charge in [-0.1, -0.05) is 63.8 Å². The Labute approximate surface area is 316 Å². The summed E-state index contributed by atoms with van der Waals surface area (Å²) in [6, 6.07) is 23.6. The molecule has 8 nitrogen and oxygen atoms in total. The number of nitrogens with zero attached hydrogens (tertiary/aromatic N) is 2. The Morgan fingerprint density at radius 3 is 1.24 bits per heavy atom. The number of hydrogen-bond donors (Lipinski definition) is 2. The van der Waals surface area contributed by atoms with Gasteiger partial charge in [0.05, 0.1) is 48.1 Å². The summed E-state index contributed by atoms with van der Waals surface area (Å²) in [7, 11) is 2.79. The third-order valence-corrected chi connectivity index (χ3v) is 10.2. The highest BCUT2D eigenvalue weighted by Gasteiger charge is 2.18. The molecule has 7 rings (SSSR count). The Balaban J connectivity index is 1.56. The van der Waals surface area contributed by atoms with Gasteiger partial charge < -0.3 is 19.4 Å². The van der Waals surface area contributed by atoms with Gasteiger partial charge in [0.25, 0.3) is 0 Å². The van der Waals surface area contributed by atoms with Gasteiger partial charge in [-0.05, 0) is 110 Å². The van der Waals surface area contributed by atoms with E-state index in [0.717, 1.165) is 130 Å². The highest BCUT2D eigenvalue weighted by Crippen LogP contribution is 2.35. The van der Waals surface area contributed by atoms with Gasteiger partial charge in [-0.25, -0.2) is 19.6 Å². The van der Waals surface area contributed by atoms with Gasteiger partial charge in [0, 0.05) is 44.3 Å². The van der Waals surface area contributed by atoms with E-state index in [-0.39, 0.29) is 11.9 Å². The summed E-state index contributed by atoms with van der Waals surface area (Å²) in [6.07, 6.45) is 16.6. The van der Waals surface area contributed by atoms with Crippen LogP contribution in [-0.2, 0) is 22.3 Å². The van der Waals surface area contributed by atoms with Crippen LogP contribution in [0.2, 0.25) is 0 Å². The Morgan fingerprint density at radius 2 is 0.870 bits per heavy atom. The molecule has 0 spiro atoms. The third kappa shape index (κ3) is 7.42. The Hall–Kier alpha value is -6.02. The van der Waals surface area contributed by atoms with E-state index in [2.05, 4.69) is 72.4 Å². The molecule has 0 atom stereocenters. The fraction of sp³-hybridized carbons (Fsp3) is 0.261. The summed E-state index contributed by atoms with van der Waals surface area (Å²) in [5.41, 5.74) is 14.4. The molecule has 54 heavy (non-hydrogen) atoms. The lowest BCUT2D eigenvalue weighted by Gasteiger charge is -2.07. The number of aryl methyl sites for hydroxylation is 2. The minimum atomic E-state index is -0.372. The maximum Gasteiger partial charge on any atom is 0.337 e. The summed E-state index contributed by atoms with van der Waals surface area (Å²) in [5, 5.41) is 0. The van der Waals surface area contributed by atoms with Crippen LogP contribution in [0.1, 0.15) is 107 Å². The lowest BCUT2D eigenvalue weighted by molar-refractivity contribution is 0.0592. The molecule has 0 amide bonds. The molecule has 0 aliphatic carbocycles. The summed E-state index contributed by atoms with van der Waals surface area (Å²) in [4.78, 5) is 42.9. The second-order valence-electron chi connectivity index (χ2n) is 13.8. The number of methoxy groups -OCH3 is 2. The molecule has 8 bridgehead atoms. The van der Waals surface area contributed by atoms with E-state index in [9.17, 15) is 9.59 Å². The zero-order valence-electron chi connectivity index (χ0n) is 31.4. The fourth-order valence-corrected chi connectivity index (χ4v) is 7.34. The summed E-state index contributed by atoms with van der Waals surface area (Å²) in [6.45, 7) is 4.43. The summed E-state index contributed by atoms with van der Waals surface area (Å²) < 4.78 is 9.96. The van der Waals surface area contributed by atoms with Gasteiger partial charge in [-0.2, -0.15) is 0 Å². The van der Waals surface area contributed by atoms with E-state index < -0.39 is 0 Å². The van der Waals surface area contributed by atoms with Crippen molar-refractivity contribution in [2.24, 2.45) is 0 Å². The number of unbranched alkanes of at least 4 members (excludes halogenated alkanes) is 4. The van der Waals surface area contributed by atoms with Crippen molar-refractivity contribution in [3.63, 3.8) is 0 Å². The minimum Gasteiger partial charge on any atom is -0.465 e. The molecule has 2 aliphatic rings. The number of ether oxygens (including phenoxy) is 2. The predicted molar refractivity (Wildman–Crippen MR) is 219 cm³/mol. The van der Waals surface area contributed by atoms with E-state index in [0.29, 0.717) is 11.1 Å². The summed E-state index contributed by atoms with van der Waals surface area (Å²) >= 11 is 0. The number of fused-ring (bicyclic) bond motifs is 8. The molecular weight excluding hydrogens is 673 g/mol. The molecule has 8 heteroatoms. The first-order chi connectivity index (χ1) is 26.4. The Kier molecular flexibility index (Phi) is 11.0. The normalized spacial score (nSPS) is 11.9. The van der Waals surface area contributed by atoms with Crippen LogP contribution in [0, 0.1) is 0 Å². The van der Waals surface area contributed by atoms with Crippen LogP contribution < -0.4 is 0 Å². The number of benzene rings is 2. The maximum absolute atomic E-state index is 12.3. The van der Waals surface area contributed by atoms with Crippen molar-refractivity contribution in [1.82, 2.24) is 19.9 Å². The molecule has 5 heterocycles. The highest BCUT2D eigenvalue weighted by atomic mass is 16.5. The molecule has 274 valence electrons. The standard InChI is InChI=1S/C46H46N4O4/c1-5-7-9-11-33-35-21-25-39(47-35)43(29-13-17-31(18-14-29)45(51)53-3)41-27-23-37(49-41)34(12-10-8-6-2)38-24-28-42(50-38)44(40-26-22-36(33)48-40)30-15-19-32(20-16-30)46(52)54-4/h13-28,47,50H,5-12H2,1-4H3. The minimum absolute atomic E-state index is 0.372. The van der Waals surface area contributed by atoms with Crippen LogP contribution in [0.3, 0.4) is 0 Å². The average Bonchev–Trinajstić information content (AvgIpc) is 4.05. The lowest BCUT2D eigenvalue weighted by atomic mass is 10.0. The molecular formula is C46H46N4O4. The van der Waals surface area contributed by atoms with Crippen molar-refractivity contribution in [1.29, 1.82) is 0 Å². The van der Waals surface area contributed by atoms with Gasteiger partial charge in [0.1, 0.15) is 0 Å². The van der Waals surface area contributed by atoms with Gasteiger partial charge >= 0.3 is 11.9 Å². The maximum atomic E-state index is 12.3. The highest BCUT2D eigenvalue weighted by molar-refractivity contribution is 5.96. The molecule has 0 fully saturated rings. The SMILES string of the molecule is CCCCCc1c2nc(c(-c3ccc(C(=O)OC)cc3)c3ccc([nH]3)c(CCCCC)c3nc(c(-c4ccc(C(=O)OC)cc4)c4ccc1[nH]4)C=C3)C=C2. The van der Waals surface area contributed by atoms with E-state index in [4.69, 9.17) is 19.4 Å². The summed E-state index contributed by atoms with van der Waals surface area (Å²) in [5.74, 6) is -0.743. The second kappa shape index (κ2) is 16.3. The van der Waals surface area contributed by atoms with E-state index in [1.54, 1.807) is 24.3 Å². The monoisotopic (exact) mass is 718 g/mol. The molecule has 0 saturated carbocycles. The number of aromatic nitrogens is 4. The van der Waals surface area contributed by atoms with Gasteiger partial charge in [-0.3, -0.25) is 0 Å². The number of carbonyl (C=O) groups is 2. The quantitative estimate of drug-likeness (QED) is 0.0961. The van der Waals surface area contributed by atoms with E-state index >= 15 is 0 Å². The number of esters is 2.